The summed E-state index contributed by atoms with van der Waals surface area (Å²) >= 11 is 3.49. The van der Waals surface area contributed by atoms with E-state index in [1.807, 2.05) is 0 Å². The molecule has 1 aliphatic heterocycles. The van der Waals surface area contributed by atoms with Crippen LogP contribution >= 0.6 is 15.9 Å². The smallest absolute Gasteiger partial charge is 0.0710 e. The van der Waals surface area contributed by atoms with Gasteiger partial charge in [-0.05, 0) is 24.1 Å². The summed E-state index contributed by atoms with van der Waals surface area (Å²) in [6, 6.07) is 8.50. The number of ether oxygens (including phenoxy) is 1. The maximum absolute atomic E-state index is 5.35. The molecule has 0 radical (unpaired) electrons. The maximum Gasteiger partial charge on any atom is 0.0710 e. The van der Waals surface area contributed by atoms with Gasteiger partial charge in [0.05, 0.1) is 6.10 Å². The van der Waals surface area contributed by atoms with E-state index in [0.717, 1.165) is 30.5 Å². The van der Waals surface area contributed by atoms with Gasteiger partial charge >= 0.3 is 0 Å². The van der Waals surface area contributed by atoms with Crippen molar-refractivity contribution >= 4 is 15.9 Å². The van der Waals surface area contributed by atoms with E-state index in [0.29, 0.717) is 6.10 Å². The zero-order valence-electron chi connectivity index (χ0n) is 8.95. The minimum Gasteiger partial charge on any atom is -0.380 e. The summed E-state index contributed by atoms with van der Waals surface area (Å²) in [5.74, 6) is 0. The molecule has 1 aliphatic rings. The summed E-state index contributed by atoms with van der Waals surface area (Å²) < 4.78 is 6.51. The molecule has 1 unspecified atom stereocenters. The molecule has 0 N–H and O–H groups in total. The highest BCUT2D eigenvalue weighted by Crippen LogP contribution is 2.17. The second-order valence-electron chi connectivity index (χ2n) is 4.01. The second kappa shape index (κ2) is 5.10. The quantitative estimate of drug-likeness (QED) is 0.837. The van der Waals surface area contributed by atoms with Gasteiger partial charge in [-0.15, -0.1) is 0 Å². The van der Waals surface area contributed by atoms with Gasteiger partial charge in [-0.2, -0.15) is 0 Å². The van der Waals surface area contributed by atoms with Crippen LogP contribution in [0.25, 0.3) is 0 Å². The Hall–Kier alpha value is -0.380. The Labute approximate surface area is 99.4 Å². The summed E-state index contributed by atoms with van der Waals surface area (Å²) in [6.45, 7) is 3.23. The topological polar surface area (TPSA) is 12.5 Å². The van der Waals surface area contributed by atoms with Gasteiger partial charge in [0.15, 0.2) is 0 Å². The van der Waals surface area contributed by atoms with Gasteiger partial charge in [-0.3, -0.25) is 4.90 Å². The Kier molecular flexibility index (Phi) is 3.78. The van der Waals surface area contributed by atoms with Crippen molar-refractivity contribution in [2.45, 2.75) is 19.1 Å². The molecule has 0 aliphatic carbocycles. The van der Waals surface area contributed by atoms with Crippen LogP contribution in [-0.4, -0.2) is 31.2 Å². The van der Waals surface area contributed by atoms with E-state index in [-0.39, 0.29) is 0 Å². The van der Waals surface area contributed by atoms with Gasteiger partial charge in [0, 0.05) is 31.2 Å². The third-order valence-corrected chi connectivity index (χ3v) is 3.35. The summed E-state index contributed by atoms with van der Waals surface area (Å²) in [5.41, 5.74) is 1.36. The molecule has 82 valence electrons. The predicted molar refractivity (Wildman–Crippen MR) is 64.8 cm³/mol. The van der Waals surface area contributed by atoms with Crippen molar-refractivity contribution in [1.29, 1.82) is 0 Å². The van der Waals surface area contributed by atoms with Crippen molar-refractivity contribution in [2.24, 2.45) is 0 Å². The highest BCUT2D eigenvalue weighted by atomic mass is 79.9. The van der Waals surface area contributed by atoms with Crippen molar-refractivity contribution in [3.63, 3.8) is 0 Å². The SMILES string of the molecule is COC1CCN(Cc2cccc(Br)c2)C1. The van der Waals surface area contributed by atoms with Gasteiger partial charge in [-0.25, -0.2) is 0 Å². The number of rotatable bonds is 3. The predicted octanol–water partition coefficient (Wildman–Crippen LogP) is 2.67. The van der Waals surface area contributed by atoms with Crippen LogP contribution in [0.2, 0.25) is 0 Å². The average molecular weight is 270 g/mol. The molecule has 0 saturated carbocycles. The maximum atomic E-state index is 5.35. The first-order chi connectivity index (χ1) is 7.28. The Morgan fingerprint density at radius 2 is 2.40 bits per heavy atom. The Morgan fingerprint density at radius 1 is 1.53 bits per heavy atom. The van der Waals surface area contributed by atoms with E-state index in [2.05, 4.69) is 45.1 Å². The molecule has 0 aromatic heterocycles. The lowest BCUT2D eigenvalue weighted by Gasteiger charge is -2.15. The van der Waals surface area contributed by atoms with E-state index in [4.69, 9.17) is 4.74 Å². The molecule has 0 amide bonds. The minimum atomic E-state index is 0.428. The Balaban J connectivity index is 1.92. The van der Waals surface area contributed by atoms with Gasteiger partial charge in [-0.1, -0.05) is 28.1 Å². The zero-order chi connectivity index (χ0) is 10.7. The van der Waals surface area contributed by atoms with E-state index in [1.54, 1.807) is 7.11 Å². The van der Waals surface area contributed by atoms with Crippen LogP contribution in [-0.2, 0) is 11.3 Å². The molecule has 0 bridgehead atoms. The molecule has 1 atom stereocenters. The lowest BCUT2D eigenvalue weighted by atomic mass is 10.2. The van der Waals surface area contributed by atoms with Crippen LogP contribution in [0, 0.1) is 0 Å². The van der Waals surface area contributed by atoms with Crippen LogP contribution in [0.5, 0.6) is 0 Å². The molecule has 2 nitrogen and oxygen atoms in total. The van der Waals surface area contributed by atoms with E-state index >= 15 is 0 Å². The first-order valence-corrected chi connectivity index (χ1v) is 6.07. The van der Waals surface area contributed by atoms with Crippen molar-refractivity contribution < 1.29 is 4.74 Å². The number of nitrogens with zero attached hydrogens (tertiary/aromatic N) is 1. The largest absolute Gasteiger partial charge is 0.380 e. The monoisotopic (exact) mass is 269 g/mol. The minimum absolute atomic E-state index is 0.428. The van der Waals surface area contributed by atoms with Gasteiger partial charge in [0.25, 0.3) is 0 Å². The molecule has 15 heavy (non-hydrogen) atoms. The van der Waals surface area contributed by atoms with Crippen molar-refractivity contribution in [1.82, 2.24) is 4.90 Å². The molecule has 1 aromatic carbocycles. The van der Waals surface area contributed by atoms with Crippen molar-refractivity contribution in [3.8, 4) is 0 Å². The molecule has 2 rings (SSSR count). The molecule has 1 fully saturated rings. The summed E-state index contributed by atoms with van der Waals surface area (Å²) in [6.07, 6.45) is 1.59. The molecular formula is C12H16BrNO. The normalized spacial score (nSPS) is 22.1. The Bertz CT molecular complexity index is 329. The number of halogens is 1. The lowest BCUT2D eigenvalue weighted by molar-refractivity contribution is 0.107. The average Bonchev–Trinajstić information content (AvgIpc) is 2.65. The van der Waals surface area contributed by atoms with Gasteiger partial charge in [0.1, 0.15) is 0 Å². The van der Waals surface area contributed by atoms with E-state index in [1.165, 1.54) is 5.56 Å². The number of likely N-dealkylation sites (tertiary alicyclic amines) is 1. The first-order valence-electron chi connectivity index (χ1n) is 5.27. The van der Waals surface area contributed by atoms with Crippen LogP contribution in [0.1, 0.15) is 12.0 Å². The number of benzene rings is 1. The molecule has 1 heterocycles. The first kappa shape index (κ1) is 11.1. The lowest BCUT2D eigenvalue weighted by Crippen LogP contribution is -2.22. The molecule has 1 aromatic rings. The van der Waals surface area contributed by atoms with Gasteiger partial charge in [0.2, 0.25) is 0 Å². The summed E-state index contributed by atoms with van der Waals surface area (Å²) in [4.78, 5) is 2.44. The molecule has 1 saturated heterocycles. The van der Waals surface area contributed by atoms with E-state index in [9.17, 15) is 0 Å². The second-order valence-corrected chi connectivity index (χ2v) is 4.93. The number of methoxy groups -OCH3 is 1. The summed E-state index contributed by atoms with van der Waals surface area (Å²) in [7, 11) is 1.80. The highest BCUT2D eigenvalue weighted by molar-refractivity contribution is 9.10. The van der Waals surface area contributed by atoms with Gasteiger partial charge < -0.3 is 4.74 Å². The van der Waals surface area contributed by atoms with Crippen LogP contribution in [0.3, 0.4) is 0 Å². The van der Waals surface area contributed by atoms with E-state index < -0.39 is 0 Å². The number of hydrogen-bond acceptors (Lipinski definition) is 2. The summed E-state index contributed by atoms with van der Waals surface area (Å²) in [5, 5.41) is 0. The fourth-order valence-electron chi connectivity index (χ4n) is 2.03. The van der Waals surface area contributed by atoms with Crippen molar-refractivity contribution in [3.05, 3.63) is 34.3 Å². The zero-order valence-corrected chi connectivity index (χ0v) is 10.5. The molecule has 0 spiro atoms. The Morgan fingerprint density at radius 3 is 3.07 bits per heavy atom. The third kappa shape index (κ3) is 3.03. The molecular weight excluding hydrogens is 254 g/mol. The molecule has 3 heteroatoms. The third-order valence-electron chi connectivity index (χ3n) is 2.86. The standard InChI is InChI=1S/C12H16BrNO/c1-15-12-5-6-14(9-12)8-10-3-2-4-11(13)7-10/h2-4,7,12H,5-6,8-9H2,1H3. The fraction of sp³-hybridized carbons (Fsp3) is 0.500. The number of hydrogen-bond donors (Lipinski definition) is 0. The van der Waals surface area contributed by atoms with Crippen LogP contribution in [0.4, 0.5) is 0 Å². The van der Waals surface area contributed by atoms with Crippen molar-refractivity contribution in [2.75, 3.05) is 20.2 Å². The fourth-order valence-corrected chi connectivity index (χ4v) is 2.47. The van der Waals surface area contributed by atoms with Crippen LogP contribution < -0.4 is 0 Å². The highest BCUT2D eigenvalue weighted by Gasteiger charge is 2.21. The van der Waals surface area contributed by atoms with Crippen LogP contribution in [0.15, 0.2) is 28.7 Å².